The van der Waals surface area contributed by atoms with Crippen molar-refractivity contribution in [3.8, 4) is 5.75 Å². The van der Waals surface area contributed by atoms with Gasteiger partial charge in [-0.1, -0.05) is 0 Å². The third kappa shape index (κ3) is 1.98. The molecule has 6 nitrogen and oxygen atoms in total. The van der Waals surface area contributed by atoms with Gasteiger partial charge in [0.05, 0.1) is 12.7 Å². The summed E-state index contributed by atoms with van der Waals surface area (Å²) < 4.78 is 4.75. The number of hydrogen-bond donors (Lipinski definition) is 3. The molecule has 0 fully saturated rings. The molecule has 0 atom stereocenters. The van der Waals surface area contributed by atoms with Crippen molar-refractivity contribution in [3.05, 3.63) is 23.3 Å². The van der Waals surface area contributed by atoms with Crippen LogP contribution in [0.2, 0.25) is 0 Å². The fraction of sp³-hybridized carbons (Fsp3) is 0.111. The number of nitrogens with two attached hydrogens (primary N) is 1. The number of rotatable bonds is 3. The quantitative estimate of drug-likeness (QED) is 0.634. The Morgan fingerprint density at radius 2 is 1.73 bits per heavy atom. The Kier molecular flexibility index (Phi) is 2.80. The first-order valence-electron chi connectivity index (χ1n) is 3.91. The topological polar surface area (TPSA) is 110 Å². The Labute approximate surface area is 84.9 Å². The maximum atomic E-state index is 10.7. The molecule has 0 aromatic heterocycles. The number of carbonyl (C=O) groups is 2. The second-order valence-electron chi connectivity index (χ2n) is 2.75. The van der Waals surface area contributed by atoms with Crippen molar-refractivity contribution in [1.82, 2.24) is 0 Å². The molecule has 0 saturated carbocycles. The standard InChI is InChI=1S/C9H9NO5/c1-15-7-3-4(8(11)12)6(10)2-5(7)9(13)14/h2-3H,10H2,1H3,(H,11,12)(H,13,14). The summed E-state index contributed by atoms with van der Waals surface area (Å²) in [7, 11) is 1.25. The molecule has 0 aliphatic rings. The predicted molar refractivity (Wildman–Crippen MR) is 51.3 cm³/mol. The minimum Gasteiger partial charge on any atom is -0.496 e. The summed E-state index contributed by atoms with van der Waals surface area (Å²) in [5.74, 6) is -2.49. The van der Waals surface area contributed by atoms with Crippen molar-refractivity contribution >= 4 is 17.6 Å². The Hall–Kier alpha value is -2.24. The number of aromatic carboxylic acids is 2. The smallest absolute Gasteiger partial charge is 0.339 e. The molecule has 0 bridgehead atoms. The van der Waals surface area contributed by atoms with Gasteiger partial charge in [0, 0.05) is 5.69 Å². The molecule has 0 aliphatic heterocycles. The van der Waals surface area contributed by atoms with E-state index >= 15 is 0 Å². The van der Waals surface area contributed by atoms with Gasteiger partial charge in [0.15, 0.2) is 0 Å². The summed E-state index contributed by atoms with van der Waals surface area (Å²) in [5.41, 5.74) is 4.92. The van der Waals surface area contributed by atoms with E-state index < -0.39 is 11.9 Å². The average Bonchev–Trinajstić information content (AvgIpc) is 2.16. The molecule has 1 rings (SSSR count). The predicted octanol–water partition coefficient (Wildman–Crippen LogP) is 0.674. The summed E-state index contributed by atoms with van der Waals surface area (Å²) in [6.07, 6.45) is 0. The molecule has 4 N–H and O–H groups in total. The molecule has 1 aromatic rings. The van der Waals surface area contributed by atoms with Gasteiger partial charge in [-0.2, -0.15) is 0 Å². The first kappa shape index (κ1) is 10.8. The van der Waals surface area contributed by atoms with E-state index in [4.69, 9.17) is 20.7 Å². The van der Waals surface area contributed by atoms with Gasteiger partial charge in [-0.25, -0.2) is 9.59 Å². The van der Waals surface area contributed by atoms with Crippen LogP contribution in [-0.4, -0.2) is 29.3 Å². The van der Waals surface area contributed by atoms with Gasteiger partial charge >= 0.3 is 11.9 Å². The van der Waals surface area contributed by atoms with Gasteiger partial charge in [-0.05, 0) is 12.1 Å². The van der Waals surface area contributed by atoms with Crippen molar-refractivity contribution in [1.29, 1.82) is 0 Å². The number of anilines is 1. The zero-order valence-corrected chi connectivity index (χ0v) is 7.85. The zero-order chi connectivity index (χ0) is 11.6. The van der Waals surface area contributed by atoms with E-state index in [-0.39, 0.29) is 22.6 Å². The number of methoxy groups -OCH3 is 1. The summed E-state index contributed by atoms with van der Waals surface area (Å²) in [4.78, 5) is 21.4. The van der Waals surface area contributed by atoms with Crippen LogP contribution in [0.15, 0.2) is 12.1 Å². The molecule has 0 amide bonds. The highest BCUT2D eigenvalue weighted by Gasteiger charge is 2.17. The lowest BCUT2D eigenvalue weighted by molar-refractivity contribution is 0.0678. The van der Waals surface area contributed by atoms with Crippen molar-refractivity contribution in [3.63, 3.8) is 0 Å². The van der Waals surface area contributed by atoms with Gasteiger partial charge in [0.25, 0.3) is 0 Å². The van der Waals surface area contributed by atoms with Crippen molar-refractivity contribution in [2.45, 2.75) is 0 Å². The summed E-state index contributed by atoms with van der Waals surface area (Å²) in [6, 6.07) is 2.14. The largest absolute Gasteiger partial charge is 0.496 e. The Morgan fingerprint density at radius 3 is 2.13 bits per heavy atom. The number of benzene rings is 1. The normalized spacial score (nSPS) is 9.67. The maximum Gasteiger partial charge on any atom is 0.339 e. The molecule has 1 aromatic carbocycles. The minimum absolute atomic E-state index is 0.0332. The Bertz CT molecular complexity index is 427. The third-order valence-corrected chi connectivity index (χ3v) is 1.83. The summed E-state index contributed by atoms with van der Waals surface area (Å²) in [5, 5.41) is 17.5. The van der Waals surface area contributed by atoms with Gasteiger partial charge in [-0.15, -0.1) is 0 Å². The highest BCUT2D eigenvalue weighted by atomic mass is 16.5. The molecule has 0 saturated heterocycles. The highest BCUT2D eigenvalue weighted by Crippen LogP contribution is 2.25. The van der Waals surface area contributed by atoms with Crippen LogP contribution >= 0.6 is 0 Å². The maximum absolute atomic E-state index is 10.7. The van der Waals surface area contributed by atoms with E-state index in [0.29, 0.717) is 0 Å². The fourth-order valence-electron chi connectivity index (χ4n) is 1.12. The Balaban J connectivity index is 3.42. The fourth-order valence-corrected chi connectivity index (χ4v) is 1.12. The number of carboxylic acid groups (broad SMARTS) is 2. The molecule has 15 heavy (non-hydrogen) atoms. The SMILES string of the molecule is COc1cc(C(=O)O)c(N)cc1C(=O)O. The van der Waals surface area contributed by atoms with Gasteiger partial charge in [0.1, 0.15) is 11.3 Å². The van der Waals surface area contributed by atoms with E-state index in [1.807, 2.05) is 0 Å². The van der Waals surface area contributed by atoms with E-state index in [9.17, 15) is 9.59 Å². The number of nitrogen functional groups attached to an aromatic ring is 1. The van der Waals surface area contributed by atoms with Gasteiger partial charge in [0.2, 0.25) is 0 Å². The van der Waals surface area contributed by atoms with Gasteiger partial charge < -0.3 is 20.7 Å². The number of carboxylic acids is 2. The zero-order valence-electron chi connectivity index (χ0n) is 7.85. The lowest BCUT2D eigenvalue weighted by Crippen LogP contribution is -2.07. The van der Waals surface area contributed by atoms with Crippen LogP contribution in [-0.2, 0) is 0 Å². The summed E-state index contributed by atoms with van der Waals surface area (Å²) in [6.45, 7) is 0. The molecule has 0 unspecified atom stereocenters. The van der Waals surface area contributed by atoms with Crippen molar-refractivity contribution < 1.29 is 24.5 Å². The number of ether oxygens (including phenoxy) is 1. The third-order valence-electron chi connectivity index (χ3n) is 1.83. The Morgan fingerprint density at radius 1 is 1.20 bits per heavy atom. The molecule has 6 heteroatoms. The summed E-state index contributed by atoms with van der Waals surface area (Å²) >= 11 is 0. The van der Waals surface area contributed by atoms with Crippen LogP contribution in [0.1, 0.15) is 20.7 Å². The van der Waals surface area contributed by atoms with Gasteiger partial charge in [-0.3, -0.25) is 0 Å². The molecule has 0 radical (unpaired) electrons. The van der Waals surface area contributed by atoms with E-state index in [2.05, 4.69) is 0 Å². The molecule has 0 heterocycles. The second-order valence-corrected chi connectivity index (χ2v) is 2.75. The molecule has 80 valence electrons. The molecule has 0 spiro atoms. The average molecular weight is 211 g/mol. The van der Waals surface area contributed by atoms with Crippen LogP contribution in [0.5, 0.6) is 5.75 Å². The molecular formula is C9H9NO5. The van der Waals surface area contributed by atoms with E-state index in [1.165, 1.54) is 7.11 Å². The first-order chi connectivity index (χ1) is 6.97. The molecule has 0 aliphatic carbocycles. The van der Waals surface area contributed by atoms with Crippen LogP contribution < -0.4 is 10.5 Å². The van der Waals surface area contributed by atoms with Crippen molar-refractivity contribution in [2.75, 3.05) is 12.8 Å². The van der Waals surface area contributed by atoms with Crippen LogP contribution in [0.3, 0.4) is 0 Å². The monoisotopic (exact) mass is 211 g/mol. The van der Waals surface area contributed by atoms with Crippen LogP contribution in [0.4, 0.5) is 5.69 Å². The van der Waals surface area contributed by atoms with E-state index in [0.717, 1.165) is 12.1 Å². The highest BCUT2D eigenvalue weighted by molar-refractivity contribution is 5.99. The minimum atomic E-state index is -1.23. The number of hydrogen-bond acceptors (Lipinski definition) is 4. The van der Waals surface area contributed by atoms with E-state index in [1.54, 1.807) is 0 Å². The second kappa shape index (κ2) is 3.87. The molecular weight excluding hydrogens is 202 g/mol. The van der Waals surface area contributed by atoms with Crippen LogP contribution in [0, 0.1) is 0 Å². The first-order valence-corrected chi connectivity index (χ1v) is 3.91. The lowest BCUT2D eigenvalue weighted by atomic mass is 10.1. The van der Waals surface area contributed by atoms with Crippen molar-refractivity contribution in [2.24, 2.45) is 0 Å². The lowest BCUT2D eigenvalue weighted by Gasteiger charge is -2.08. The van der Waals surface area contributed by atoms with Crippen LogP contribution in [0.25, 0.3) is 0 Å².